The van der Waals surface area contributed by atoms with E-state index in [-0.39, 0.29) is 18.7 Å². The van der Waals surface area contributed by atoms with Gasteiger partial charge in [-0.05, 0) is 28.5 Å². The average Bonchev–Trinajstić information content (AvgIpc) is 3.23. The molecule has 1 aromatic carbocycles. The van der Waals surface area contributed by atoms with E-state index in [0.29, 0.717) is 0 Å². The van der Waals surface area contributed by atoms with Crippen LogP contribution in [-0.2, 0) is 0 Å². The van der Waals surface area contributed by atoms with E-state index in [9.17, 15) is 5.11 Å². The normalized spacial score (nSPS) is 12.7. The van der Waals surface area contributed by atoms with Crippen LogP contribution >= 0.6 is 22.7 Å². The second kappa shape index (κ2) is 7.00. The molecular weight excluding hydrogens is 298 g/mol. The monoisotopic (exact) mass is 315 g/mol. The quantitative estimate of drug-likeness (QED) is 0.714. The molecule has 1 atom stereocenters. The Morgan fingerprint density at radius 1 is 0.857 bits per heavy atom. The highest BCUT2D eigenvalue weighted by molar-refractivity contribution is 7.11. The van der Waals surface area contributed by atoms with Crippen molar-refractivity contribution in [1.82, 2.24) is 5.32 Å². The van der Waals surface area contributed by atoms with Gasteiger partial charge in [-0.3, -0.25) is 5.32 Å². The fraction of sp³-hybridized carbons (Fsp3) is 0.176. The molecular formula is C17H17NOS2. The summed E-state index contributed by atoms with van der Waals surface area (Å²) < 4.78 is 0. The van der Waals surface area contributed by atoms with Gasteiger partial charge in [-0.15, -0.1) is 22.7 Å². The summed E-state index contributed by atoms with van der Waals surface area (Å²) in [5.74, 6) is 0. The largest absolute Gasteiger partial charge is 0.394 e. The molecule has 1 unspecified atom stereocenters. The molecule has 0 fully saturated rings. The van der Waals surface area contributed by atoms with Crippen LogP contribution in [0.5, 0.6) is 0 Å². The Labute approximate surface area is 132 Å². The zero-order valence-corrected chi connectivity index (χ0v) is 13.1. The van der Waals surface area contributed by atoms with Crippen LogP contribution in [-0.4, -0.2) is 11.7 Å². The maximum atomic E-state index is 9.77. The van der Waals surface area contributed by atoms with Crippen LogP contribution in [0.4, 0.5) is 0 Å². The van der Waals surface area contributed by atoms with Crippen LogP contribution in [0.15, 0.2) is 65.4 Å². The number of thiophene rings is 2. The van der Waals surface area contributed by atoms with Gasteiger partial charge in [0.2, 0.25) is 0 Å². The van der Waals surface area contributed by atoms with Crippen LogP contribution in [0.2, 0.25) is 0 Å². The van der Waals surface area contributed by atoms with Gasteiger partial charge in [0.05, 0.1) is 18.7 Å². The number of hydrogen-bond donors (Lipinski definition) is 2. The fourth-order valence-corrected chi connectivity index (χ4v) is 4.04. The topological polar surface area (TPSA) is 32.3 Å². The number of nitrogens with one attached hydrogen (secondary N) is 1. The van der Waals surface area contributed by atoms with Crippen molar-refractivity contribution in [3.05, 3.63) is 80.7 Å². The minimum absolute atomic E-state index is 0.0691. The van der Waals surface area contributed by atoms with E-state index in [0.717, 1.165) is 5.56 Å². The zero-order chi connectivity index (χ0) is 14.5. The Morgan fingerprint density at radius 2 is 1.48 bits per heavy atom. The molecule has 3 aromatic rings. The summed E-state index contributed by atoms with van der Waals surface area (Å²) in [5, 5.41) is 17.5. The first-order chi connectivity index (χ1) is 10.4. The molecule has 0 aliphatic heterocycles. The maximum absolute atomic E-state index is 9.77. The molecule has 2 N–H and O–H groups in total. The summed E-state index contributed by atoms with van der Waals surface area (Å²) in [6, 6.07) is 18.6. The lowest BCUT2D eigenvalue weighted by Crippen LogP contribution is -2.28. The molecule has 0 aliphatic rings. The Kier molecular flexibility index (Phi) is 4.83. The van der Waals surface area contributed by atoms with Crippen molar-refractivity contribution >= 4 is 22.7 Å². The van der Waals surface area contributed by atoms with Crippen LogP contribution in [0.25, 0.3) is 0 Å². The molecule has 0 aliphatic carbocycles. The number of benzene rings is 1. The minimum atomic E-state index is -0.0691. The fourth-order valence-electron chi connectivity index (χ4n) is 2.36. The minimum Gasteiger partial charge on any atom is -0.394 e. The molecule has 2 aromatic heterocycles. The van der Waals surface area contributed by atoms with Crippen molar-refractivity contribution in [3.63, 3.8) is 0 Å². The van der Waals surface area contributed by atoms with Crippen molar-refractivity contribution in [3.8, 4) is 0 Å². The third-order valence-corrected chi connectivity index (χ3v) is 5.28. The SMILES string of the molecule is OCC(NC(c1cccs1)c1cccs1)c1ccccc1. The summed E-state index contributed by atoms with van der Waals surface area (Å²) in [7, 11) is 0. The lowest BCUT2D eigenvalue weighted by Gasteiger charge is -2.23. The second-order valence-electron chi connectivity index (χ2n) is 4.78. The standard InChI is InChI=1S/C17H17NOS2/c19-12-14(13-6-2-1-3-7-13)18-17(15-8-4-10-20-15)16-9-5-11-21-16/h1-11,14,17-19H,12H2. The number of aliphatic hydroxyl groups excluding tert-OH is 1. The lowest BCUT2D eigenvalue weighted by atomic mass is 10.1. The van der Waals surface area contributed by atoms with Crippen LogP contribution < -0.4 is 5.32 Å². The Morgan fingerprint density at radius 3 is 1.95 bits per heavy atom. The number of hydrogen-bond acceptors (Lipinski definition) is 4. The van der Waals surface area contributed by atoms with Crippen LogP contribution in [0, 0.1) is 0 Å². The highest BCUT2D eigenvalue weighted by atomic mass is 32.1. The van der Waals surface area contributed by atoms with Crippen molar-refractivity contribution in [2.75, 3.05) is 6.61 Å². The van der Waals surface area contributed by atoms with Gasteiger partial charge in [0, 0.05) is 9.75 Å². The van der Waals surface area contributed by atoms with E-state index in [2.05, 4.69) is 40.3 Å². The van der Waals surface area contributed by atoms with Crippen molar-refractivity contribution in [2.45, 2.75) is 12.1 Å². The summed E-state index contributed by atoms with van der Waals surface area (Å²) in [4.78, 5) is 2.54. The van der Waals surface area contributed by atoms with E-state index >= 15 is 0 Å². The number of rotatable bonds is 6. The van der Waals surface area contributed by atoms with Gasteiger partial charge in [-0.25, -0.2) is 0 Å². The molecule has 2 nitrogen and oxygen atoms in total. The molecule has 0 bridgehead atoms. The van der Waals surface area contributed by atoms with Gasteiger partial charge in [0.1, 0.15) is 0 Å². The van der Waals surface area contributed by atoms with E-state index in [1.807, 2.05) is 30.3 Å². The van der Waals surface area contributed by atoms with E-state index in [1.54, 1.807) is 22.7 Å². The first-order valence-electron chi connectivity index (χ1n) is 6.87. The van der Waals surface area contributed by atoms with Crippen LogP contribution in [0.1, 0.15) is 27.4 Å². The first-order valence-corrected chi connectivity index (χ1v) is 8.63. The van der Waals surface area contributed by atoms with E-state index in [4.69, 9.17) is 0 Å². The Bertz CT molecular complexity index is 601. The van der Waals surface area contributed by atoms with E-state index < -0.39 is 0 Å². The summed E-state index contributed by atoms with van der Waals surface area (Å²) in [6.45, 7) is 0.0806. The van der Waals surface area contributed by atoms with E-state index in [1.165, 1.54) is 9.75 Å². The van der Waals surface area contributed by atoms with Crippen LogP contribution in [0.3, 0.4) is 0 Å². The Hall–Kier alpha value is -1.46. The van der Waals surface area contributed by atoms with Crippen molar-refractivity contribution in [2.24, 2.45) is 0 Å². The highest BCUT2D eigenvalue weighted by Gasteiger charge is 2.21. The van der Waals surface area contributed by atoms with Gasteiger partial charge >= 0.3 is 0 Å². The molecule has 4 heteroatoms. The smallest absolute Gasteiger partial charge is 0.0770 e. The average molecular weight is 315 g/mol. The Balaban J connectivity index is 1.87. The molecule has 108 valence electrons. The second-order valence-corrected chi connectivity index (χ2v) is 6.73. The van der Waals surface area contributed by atoms with Gasteiger partial charge in [-0.2, -0.15) is 0 Å². The van der Waals surface area contributed by atoms with Crippen molar-refractivity contribution in [1.29, 1.82) is 0 Å². The summed E-state index contributed by atoms with van der Waals surface area (Å²) in [5.41, 5.74) is 1.11. The molecule has 0 amide bonds. The van der Waals surface area contributed by atoms with Crippen molar-refractivity contribution < 1.29 is 5.11 Å². The molecule has 3 rings (SSSR count). The molecule has 0 spiro atoms. The molecule has 2 heterocycles. The van der Waals surface area contributed by atoms with Gasteiger partial charge in [0.15, 0.2) is 0 Å². The molecule has 0 saturated carbocycles. The third-order valence-electron chi connectivity index (χ3n) is 3.41. The zero-order valence-electron chi connectivity index (χ0n) is 11.5. The molecule has 0 saturated heterocycles. The molecule has 0 radical (unpaired) electrons. The lowest BCUT2D eigenvalue weighted by molar-refractivity contribution is 0.239. The molecule has 21 heavy (non-hydrogen) atoms. The van der Waals surface area contributed by atoms with Gasteiger partial charge < -0.3 is 5.11 Å². The van der Waals surface area contributed by atoms with Gasteiger partial charge in [0.25, 0.3) is 0 Å². The van der Waals surface area contributed by atoms with Gasteiger partial charge in [-0.1, -0.05) is 42.5 Å². The predicted molar refractivity (Wildman–Crippen MR) is 89.9 cm³/mol. The number of aliphatic hydroxyl groups is 1. The summed E-state index contributed by atoms with van der Waals surface area (Å²) >= 11 is 3.48. The first kappa shape index (κ1) is 14.5. The highest BCUT2D eigenvalue weighted by Crippen LogP contribution is 2.31. The summed E-state index contributed by atoms with van der Waals surface area (Å²) in [6.07, 6.45) is 0. The third kappa shape index (κ3) is 3.41. The maximum Gasteiger partial charge on any atom is 0.0770 e. The predicted octanol–water partition coefficient (Wildman–Crippen LogP) is 4.22.